The minimum Gasteiger partial charge on any atom is -0.294 e. The van der Waals surface area contributed by atoms with E-state index in [9.17, 15) is 26.7 Å². The largest absolute Gasteiger partial charge is 0.393 e. The molecule has 0 N–H and O–H groups in total. The number of halogens is 5. The average Bonchev–Trinajstić information content (AvgIpc) is 2.44. The maximum absolute atomic E-state index is 14.1. The van der Waals surface area contributed by atoms with E-state index < -0.39 is 41.5 Å². The van der Waals surface area contributed by atoms with Gasteiger partial charge in [-0.15, -0.1) is 0 Å². The fraction of sp³-hybridized carbons (Fsp3) is 0.278. The lowest BCUT2D eigenvalue weighted by atomic mass is 9.95. The Labute approximate surface area is 136 Å². The maximum atomic E-state index is 14.1. The van der Waals surface area contributed by atoms with E-state index in [2.05, 4.69) is 0 Å². The Morgan fingerprint density at radius 3 is 2.08 bits per heavy atom. The molecule has 2 rings (SSSR count). The van der Waals surface area contributed by atoms with Crippen LogP contribution in [0.4, 0.5) is 22.0 Å². The minimum absolute atomic E-state index is 0.0110. The van der Waals surface area contributed by atoms with Crippen molar-refractivity contribution in [3.8, 4) is 11.1 Å². The van der Waals surface area contributed by atoms with E-state index in [1.807, 2.05) is 0 Å². The van der Waals surface area contributed by atoms with Crippen molar-refractivity contribution in [2.45, 2.75) is 26.4 Å². The van der Waals surface area contributed by atoms with Gasteiger partial charge >= 0.3 is 6.18 Å². The summed E-state index contributed by atoms with van der Waals surface area (Å²) in [6, 6.07) is 7.29. The number of Topliss-reactive ketones (excluding diaryl/α,β-unsaturated/α-hetero) is 1. The third kappa shape index (κ3) is 4.19. The van der Waals surface area contributed by atoms with Crippen molar-refractivity contribution in [2.24, 2.45) is 5.92 Å². The quantitative estimate of drug-likeness (QED) is 0.524. The van der Waals surface area contributed by atoms with Gasteiger partial charge in [0.1, 0.15) is 11.6 Å². The fourth-order valence-electron chi connectivity index (χ4n) is 2.36. The second kappa shape index (κ2) is 6.71. The molecule has 0 radical (unpaired) electrons. The molecule has 0 aliphatic heterocycles. The minimum atomic E-state index is -4.37. The fourth-order valence-corrected chi connectivity index (χ4v) is 2.36. The van der Waals surface area contributed by atoms with Crippen LogP contribution in [0, 0.1) is 17.6 Å². The number of alkyl halides is 3. The number of rotatable bonds is 4. The normalized spacial score (nSPS) is 11.8. The molecule has 0 amide bonds. The van der Waals surface area contributed by atoms with Gasteiger partial charge in [-0.25, -0.2) is 8.78 Å². The van der Waals surface area contributed by atoms with Crippen molar-refractivity contribution in [3.63, 3.8) is 0 Å². The van der Waals surface area contributed by atoms with Crippen LogP contribution in [0.2, 0.25) is 0 Å². The summed E-state index contributed by atoms with van der Waals surface area (Å²) >= 11 is 0. The molecule has 0 saturated heterocycles. The average molecular weight is 342 g/mol. The molecule has 0 atom stereocenters. The highest BCUT2D eigenvalue weighted by atomic mass is 19.4. The zero-order chi connectivity index (χ0) is 18.1. The van der Waals surface area contributed by atoms with Gasteiger partial charge in [0.25, 0.3) is 0 Å². The van der Waals surface area contributed by atoms with Crippen molar-refractivity contribution in [1.82, 2.24) is 0 Å². The predicted molar refractivity (Wildman–Crippen MR) is 80.7 cm³/mol. The first kappa shape index (κ1) is 18.1. The van der Waals surface area contributed by atoms with Crippen molar-refractivity contribution in [3.05, 3.63) is 59.2 Å². The number of ketones is 1. The molecule has 128 valence electrons. The van der Waals surface area contributed by atoms with E-state index in [0.717, 1.165) is 12.1 Å². The third-order valence-electron chi connectivity index (χ3n) is 3.48. The van der Waals surface area contributed by atoms with Crippen LogP contribution in [0.15, 0.2) is 36.4 Å². The summed E-state index contributed by atoms with van der Waals surface area (Å²) in [7, 11) is 0. The summed E-state index contributed by atoms with van der Waals surface area (Å²) in [5.41, 5.74) is -0.309. The SMILES string of the molecule is CC(C)C(=O)c1c(F)cc(-c2cccc(CC(F)(F)F)c2)cc1F. The molecule has 24 heavy (non-hydrogen) atoms. The lowest BCUT2D eigenvalue weighted by molar-refractivity contribution is -0.127. The summed E-state index contributed by atoms with van der Waals surface area (Å²) < 4.78 is 65.7. The Morgan fingerprint density at radius 2 is 1.58 bits per heavy atom. The highest BCUT2D eigenvalue weighted by Crippen LogP contribution is 2.28. The zero-order valence-electron chi connectivity index (χ0n) is 13.0. The first-order chi connectivity index (χ1) is 11.1. The molecule has 6 heteroatoms. The number of carbonyl (C=O) groups is 1. The second-order valence-corrected chi connectivity index (χ2v) is 5.83. The molecule has 0 aromatic heterocycles. The lowest BCUT2D eigenvalue weighted by Crippen LogP contribution is -2.12. The Bertz CT molecular complexity index is 739. The van der Waals surface area contributed by atoms with Crippen molar-refractivity contribution in [2.75, 3.05) is 0 Å². The summed E-state index contributed by atoms with van der Waals surface area (Å²) in [6.07, 6.45) is -5.50. The number of hydrogen-bond acceptors (Lipinski definition) is 1. The molecule has 2 aromatic carbocycles. The van der Waals surface area contributed by atoms with E-state index in [1.54, 1.807) is 0 Å². The van der Waals surface area contributed by atoms with Gasteiger partial charge in [0.05, 0.1) is 12.0 Å². The first-order valence-electron chi connectivity index (χ1n) is 7.28. The Balaban J connectivity index is 2.44. The van der Waals surface area contributed by atoms with Gasteiger partial charge in [-0.3, -0.25) is 4.79 Å². The van der Waals surface area contributed by atoms with E-state index in [1.165, 1.54) is 38.1 Å². The molecule has 0 bridgehead atoms. The molecule has 0 unspecified atom stereocenters. The van der Waals surface area contributed by atoms with Crippen molar-refractivity contribution >= 4 is 5.78 Å². The smallest absolute Gasteiger partial charge is 0.294 e. The standard InChI is InChI=1S/C18H15F5O/c1-10(2)17(24)16-14(19)7-13(8-15(16)20)12-5-3-4-11(6-12)9-18(21,22)23/h3-8,10H,9H2,1-2H3. The Morgan fingerprint density at radius 1 is 1.00 bits per heavy atom. The van der Waals surface area contributed by atoms with Crippen molar-refractivity contribution in [1.29, 1.82) is 0 Å². The Hall–Kier alpha value is -2.24. The highest BCUT2D eigenvalue weighted by molar-refractivity contribution is 5.98. The van der Waals surface area contributed by atoms with Crippen LogP contribution < -0.4 is 0 Å². The van der Waals surface area contributed by atoms with Crippen LogP contribution in [-0.2, 0) is 6.42 Å². The molecule has 0 heterocycles. The highest BCUT2D eigenvalue weighted by Gasteiger charge is 2.27. The molecular weight excluding hydrogens is 327 g/mol. The third-order valence-corrected chi connectivity index (χ3v) is 3.48. The van der Waals surface area contributed by atoms with Crippen LogP contribution in [0.5, 0.6) is 0 Å². The van der Waals surface area contributed by atoms with E-state index in [0.29, 0.717) is 0 Å². The molecule has 0 saturated carbocycles. The van der Waals surface area contributed by atoms with Crippen LogP contribution in [-0.4, -0.2) is 12.0 Å². The van der Waals surface area contributed by atoms with Crippen LogP contribution >= 0.6 is 0 Å². The van der Waals surface area contributed by atoms with Crippen LogP contribution in [0.1, 0.15) is 29.8 Å². The monoisotopic (exact) mass is 342 g/mol. The summed E-state index contributed by atoms with van der Waals surface area (Å²) in [4.78, 5) is 11.8. The molecule has 0 aliphatic carbocycles. The lowest BCUT2D eigenvalue weighted by Gasteiger charge is -2.11. The van der Waals surface area contributed by atoms with Gasteiger partial charge in [0, 0.05) is 5.92 Å². The maximum Gasteiger partial charge on any atom is 0.393 e. The van der Waals surface area contributed by atoms with E-state index in [-0.39, 0.29) is 16.7 Å². The van der Waals surface area contributed by atoms with Gasteiger partial charge in [-0.1, -0.05) is 38.1 Å². The predicted octanol–water partition coefficient (Wildman–Crippen LogP) is 5.58. The summed E-state index contributed by atoms with van der Waals surface area (Å²) in [6.45, 7) is 3.05. The molecule has 2 aromatic rings. The van der Waals surface area contributed by atoms with Gasteiger partial charge in [0.15, 0.2) is 5.78 Å². The van der Waals surface area contributed by atoms with Crippen molar-refractivity contribution < 1.29 is 26.7 Å². The number of benzene rings is 2. The van der Waals surface area contributed by atoms with E-state index >= 15 is 0 Å². The molecule has 1 nitrogen and oxygen atoms in total. The second-order valence-electron chi connectivity index (χ2n) is 5.83. The van der Waals surface area contributed by atoms with Crippen LogP contribution in [0.3, 0.4) is 0 Å². The van der Waals surface area contributed by atoms with E-state index in [4.69, 9.17) is 0 Å². The topological polar surface area (TPSA) is 17.1 Å². The summed E-state index contributed by atoms with van der Waals surface area (Å²) in [5, 5.41) is 0. The first-order valence-corrected chi connectivity index (χ1v) is 7.28. The van der Waals surface area contributed by atoms with Crippen LogP contribution in [0.25, 0.3) is 11.1 Å². The molecular formula is C18H15F5O. The zero-order valence-corrected chi connectivity index (χ0v) is 13.0. The number of carbonyl (C=O) groups excluding carboxylic acids is 1. The Kier molecular flexibility index (Phi) is 5.06. The number of hydrogen-bond donors (Lipinski definition) is 0. The molecule has 0 aliphatic rings. The molecule has 0 fully saturated rings. The van der Waals surface area contributed by atoms with Gasteiger partial charge in [0.2, 0.25) is 0 Å². The molecule has 0 spiro atoms. The summed E-state index contributed by atoms with van der Waals surface area (Å²) in [5.74, 6) is -3.29. The van der Waals surface area contributed by atoms with Gasteiger partial charge < -0.3 is 0 Å². The van der Waals surface area contributed by atoms with Gasteiger partial charge in [-0.2, -0.15) is 13.2 Å². The van der Waals surface area contributed by atoms with Gasteiger partial charge in [-0.05, 0) is 28.8 Å².